The molecule has 0 fully saturated rings. The van der Waals surface area contributed by atoms with E-state index in [0.717, 1.165) is 21.5 Å². The summed E-state index contributed by atoms with van der Waals surface area (Å²) in [5.41, 5.74) is 1.22. The molecule has 4 rings (SSSR count). The Kier molecular flexibility index (Phi) is 8.44. The maximum atomic E-state index is 13.0. The molecule has 3 aromatic heterocycles. The van der Waals surface area contributed by atoms with Crippen LogP contribution in [0.25, 0.3) is 10.9 Å². The number of benzene rings is 1. The van der Waals surface area contributed by atoms with E-state index in [1.165, 1.54) is 4.68 Å². The molecular formula is C25H30N6O4S. The Balaban J connectivity index is 1.69. The van der Waals surface area contributed by atoms with Gasteiger partial charge in [-0.2, -0.15) is 0 Å². The van der Waals surface area contributed by atoms with Gasteiger partial charge in [-0.25, -0.2) is 4.68 Å². The molecule has 0 spiro atoms. The molecule has 10 nitrogen and oxygen atoms in total. The van der Waals surface area contributed by atoms with Gasteiger partial charge in [0.2, 0.25) is 0 Å². The van der Waals surface area contributed by atoms with E-state index in [2.05, 4.69) is 31.5 Å². The second-order valence-electron chi connectivity index (χ2n) is 8.21. The van der Waals surface area contributed by atoms with Crippen LogP contribution in [-0.4, -0.2) is 49.3 Å². The van der Waals surface area contributed by atoms with Crippen LogP contribution in [0.1, 0.15) is 49.5 Å². The summed E-state index contributed by atoms with van der Waals surface area (Å²) in [5, 5.41) is 15.0. The van der Waals surface area contributed by atoms with Crippen molar-refractivity contribution < 1.29 is 14.3 Å². The lowest BCUT2D eigenvalue weighted by Crippen LogP contribution is -2.32. The van der Waals surface area contributed by atoms with E-state index in [0.29, 0.717) is 37.5 Å². The number of carbonyl (C=O) groups excluding carboxylic acids is 1. The van der Waals surface area contributed by atoms with Crippen molar-refractivity contribution >= 4 is 28.2 Å². The summed E-state index contributed by atoms with van der Waals surface area (Å²) in [6, 6.07) is 11.4. The fourth-order valence-electron chi connectivity index (χ4n) is 4.20. The lowest BCUT2D eigenvalue weighted by atomic mass is 10.1. The molecule has 3 heterocycles. The highest BCUT2D eigenvalue weighted by atomic mass is 32.1. The van der Waals surface area contributed by atoms with E-state index in [4.69, 9.17) is 9.47 Å². The van der Waals surface area contributed by atoms with E-state index < -0.39 is 5.97 Å². The summed E-state index contributed by atoms with van der Waals surface area (Å²) in [5.74, 6) is 0.905. The van der Waals surface area contributed by atoms with Gasteiger partial charge in [0.1, 0.15) is 12.3 Å². The molecule has 0 unspecified atom stereocenters. The molecule has 0 bridgehead atoms. The first-order valence-corrected chi connectivity index (χ1v) is 12.9. The van der Waals surface area contributed by atoms with Crippen molar-refractivity contribution in [3.8, 4) is 5.75 Å². The molecule has 1 N–H and O–H groups in total. The predicted octanol–water partition coefficient (Wildman–Crippen LogP) is 3.69. The normalized spacial score (nSPS) is 12.2. The summed E-state index contributed by atoms with van der Waals surface area (Å²) < 4.78 is 12.2. The molecule has 0 aliphatic carbocycles. The highest BCUT2D eigenvalue weighted by Gasteiger charge is 2.27. The number of nitrogens with zero attached hydrogens (tertiary/aromatic N) is 5. The van der Waals surface area contributed by atoms with E-state index in [1.54, 1.807) is 18.3 Å². The number of ether oxygens (including phenoxy) is 2. The van der Waals surface area contributed by atoms with Crippen LogP contribution in [0.15, 0.2) is 46.6 Å². The molecule has 0 radical (unpaired) electrons. The Bertz CT molecular complexity index is 1350. The van der Waals surface area contributed by atoms with Crippen molar-refractivity contribution in [1.29, 1.82) is 0 Å². The smallest absolute Gasteiger partial charge is 0.327 e. The number of tetrazole rings is 1. The predicted molar refractivity (Wildman–Crippen MR) is 137 cm³/mol. The quantitative estimate of drug-likeness (QED) is 0.287. The van der Waals surface area contributed by atoms with Gasteiger partial charge in [-0.05, 0) is 66.4 Å². The van der Waals surface area contributed by atoms with E-state index in [-0.39, 0.29) is 24.8 Å². The number of hydrogen-bond donors (Lipinski definition) is 1. The molecule has 1 aromatic carbocycles. The fourth-order valence-corrected chi connectivity index (χ4v) is 4.93. The summed E-state index contributed by atoms with van der Waals surface area (Å²) in [7, 11) is 0. The zero-order valence-corrected chi connectivity index (χ0v) is 21.5. The molecule has 190 valence electrons. The highest BCUT2D eigenvalue weighted by Crippen LogP contribution is 2.28. The third-order valence-electron chi connectivity index (χ3n) is 5.79. The van der Waals surface area contributed by atoms with Gasteiger partial charge in [0, 0.05) is 34.4 Å². The highest BCUT2D eigenvalue weighted by molar-refractivity contribution is 7.09. The number of hydrogen-bond acceptors (Lipinski definition) is 9. The van der Waals surface area contributed by atoms with E-state index in [9.17, 15) is 9.59 Å². The van der Waals surface area contributed by atoms with Crippen molar-refractivity contribution in [2.45, 2.75) is 52.9 Å². The first kappa shape index (κ1) is 25.5. The number of carbonyl (C=O) groups is 1. The lowest BCUT2D eigenvalue weighted by molar-refractivity contribution is -0.144. The second-order valence-corrected chi connectivity index (χ2v) is 9.25. The van der Waals surface area contributed by atoms with Gasteiger partial charge in [-0.3, -0.25) is 14.5 Å². The molecule has 0 amide bonds. The third kappa shape index (κ3) is 5.97. The monoisotopic (exact) mass is 510 g/mol. The van der Waals surface area contributed by atoms with Gasteiger partial charge < -0.3 is 14.5 Å². The first-order valence-electron chi connectivity index (χ1n) is 12.0. The SMILES string of the molecule is CCOC(=O)Cn1nnnc1[C@@H](CC)N(Cc1cccs1)Cc1cc2cc(OCC)ccc2[nH]c1=O. The number of fused-ring (bicyclic) bond motifs is 1. The van der Waals surface area contributed by atoms with Crippen LogP contribution < -0.4 is 10.3 Å². The average Bonchev–Trinajstić information content (AvgIpc) is 3.53. The van der Waals surface area contributed by atoms with Crippen molar-refractivity contribution in [2.24, 2.45) is 0 Å². The number of aromatic amines is 1. The Morgan fingerprint density at radius 3 is 2.75 bits per heavy atom. The van der Waals surface area contributed by atoms with Gasteiger partial charge in [0.05, 0.1) is 19.3 Å². The maximum Gasteiger partial charge on any atom is 0.327 e. The molecule has 0 saturated carbocycles. The maximum absolute atomic E-state index is 13.0. The van der Waals surface area contributed by atoms with E-state index in [1.807, 2.05) is 49.6 Å². The zero-order valence-electron chi connectivity index (χ0n) is 20.6. The Morgan fingerprint density at radius 1 is 1.17 bits per heavy atom. The number of rotatable bonds is 12. The van der Waals surface area contributed by atoms with Gasteiger partial charge in [-0.15, -0.1) is 16.4 Å². The van der Waals surface area contributed by atoms with E-state index >= 15 is 0 Å². The van der Waals surface area contributed by atoms with Gasteiger partial charge in [0.25, 0.3) is 5.56 Å². The van der Waals surface area contributed by atoms with Gasteiger partial charge in [0.15, 0.2) is 5.82 Å². The van der Waals surface area contributed by atoms with Gasteiger partial charge >= 0.3 is 5.97 Å². The molecular weight excluding hydrogens is 480 g/mol. The van der Waals surface area contributed by atoms with Crippen LogP contribution in [0, 0.1) is 0 Å². The number of pyridine rings is 1. The van der Waals surface area contributed by atoms with Gasteiger partial charge in [-0.1, -0.05) is 13.0 Å². The molecule has 11 heteroatoms. The fraction of sp³-hybridized carbons (Fsp3) is 0.400. The standard InChI is InChI=1S/C25H30N6O4S/c1-4-22(24-27-28-29-31(24)16-23(32)35-6-3)30(15-20-8-7-11-36-20)14-18-12-17-13-19(34-5-2)9-10-21(17)26-25(18)33/h7-13,22H,4-6,14-16H2,1-3H3,(H,26,33)/t22-/m1/s1. The van der Waals surface area contributed by atoms with Crippen molar-refractivity contribution in [1.82, 2.24) is 30.1 Å². The Hall–Kier alpha value is -3.57. The van der Waals surface area contributed by atoms with Crippen molar-refractivity contribution in [3.63, 3.8) is 0 Å². The molecule has 0 aliphatic rings. The van der Waals surface area contributed by atoms with Crippen molar-refractivity contribution in [2.75, 3.05) is 13.2 Å². The number of thiophene rings is 1. The first-order chi connectivity index (χ1) is 17.5. The Labute approximate surface area is 212 Å². The third-order valence-corrected chi connectivity index (χ3v) is 6.65. The van der Waals surface area contributed by atoms with Crippen molar-refractivity contribution in [3.05, 3.63) is 68.4 Å². The molecule has 36 heavy (non-hydrogen) atoms. The number of esters is 1. The molecule has 0 aliphatic heterocycles. The molecule has 1 atom stereocenters. The zero-order chi connectivity index (χ0) is 25.5. The Morgan fingerprint density at radius 2 is 2.03 bits per heavy atom. The van der Waals surface area contributed by atoms with Crippen LogP contribution in [0.4, 0.5) is 0 Å². The summed E-state index contributed by atoms with van der Waals surface area (Å²) in [6.45, 7) is 7.47. The van der Waals surface area contributed by atoms with Crippen LogP contribution in [0.5, 0.6) is 5.75 Å². The summed E-state index contributed by atoms with van der Waals surface area (Å²) in [6.07, 6.45) is 0.675. The average molecular weight is 511 g/mol. The minimum absolute atomic E-state index is 0.0731. The topological polar surface area (TPSA) is 115 Å². The minimum Gasteiger partial charge on any atom is -0.494 e. The summed E-state index contributed by atoms with van der Waals surface area (Å²) >= 11 is 1.65. The van der Waals surface area contributed by atoms with Crippen LogP contribution in [-0.2, 0) is 29.2 Å². The largest absolute Gasteiger partial charge is 0.494 e. The summed E-state index contributed by atoms with van der Waals surface area (Å²) in [4.78, 5) is 31.5. The number of H-pyrrole nitrogens is 1. The second kappa shape index (κ2) is 11.9. The molecule has 0 saturated heterocycles. The number of nitrogens with one attached hydrogen (secondary N) is 1. The number of aromatic nitrogens is 5. The molecule has 4 aromatic rings. The minimum atomic E-state index is -0.401. The van der Waals surface area contributed by atoms with Crippen LogP contribution >= 0.6 is 11.3 Å². The van der Waals surface area contributed by atoms with Crippen LogP contribution in [0.3, 0.4) is 0 Å². The lowest BCUT2D eigenvalue weighted by Gasteiger charge is -2.29. The van der Waals surface area contributed by atoms with Crippen LogP contribution in [0.2, 0.25) is 0 Å².